The lowest BCUT2D eigenvalue weighted by molar-refractivity contribution is -0.870. The van der Waals surface area contributed by atoms with Crippen LogP contribution in [-0.4, -0.2) is 62.4 Å². The van der Waals surface area contributed by atoms with Crippen molar-refractivity contribution in [1.29, 1.82) is 0 Å². The highest BCUT2D eigenvalue weighted by Crippen LogP contribution is 1.98. The summed E-state index contributed by atoms with van der Waals surface area (Å²) in [6, 6.07) is 0.0393. The van der Waals surface area contributed by atoms with E-state index in [1.165, 1.54) is 0 Å². The number of nitrogens with one attached hydrogen (secondary N) is 1. The molecule has 0 aliphatic heterocycles. The van der Waals surface area contributed by atoms with E-state index in [0.29, 0.717) is 12.4 Å². The molecule has 0 saturated heterocycles. The van der Waals surface area contributed by atoms with Crippen LogP contribution in [0.1, 0.15) is 6.42 Å². The van der Waals surface area contributed by atoms with Gasteiger partial charge < -0.3 is 14.5 Å². The molecule has 0 saturated carbocycles. The number of amides is 1. The first-order chi connectivity index (χ1) is 7.39. The lowest BCUT2D eigenvalue weighted by atomic mass is 10.3. The Bertz CT molecular complexity index is 207. The molecule has 0 aliphatic rings. The number of hydrogen-bond donors (Lipinski definition) is 3. The lowest BCUT2D eigenvalue weighted by Crippen LogP contribution is -2.41. The summed E-state index contributed by atoms with van der Waals surface area (Å²) in [5.74, 6) is 1.33. The van der Waals surface area contributed by atoms with Crippen LogP contribution in [0.2, 0.25) is 0 Å². The summed E-state index contributed by atoms with van der Waals surface area (Å²) >= 11 is 8.27. The Balaban J connectivity index is 3.72. The third-order valence-electron chi connectivity index (χ3n) is 2.02. The number of hydrogen-bond acceptors (Lipinski definition) is 4. The van der Waals surface area contributed by atoms with Crippen LogP contribution in [0.3, 0.4) is 0 Å². The summed E-state index contributed by atoms with van der Waals surface area (Å²) in [5, 5.41) is 2.76. The summed E-state index contributed by atoms with van der Waals surface area (Å²) in [7, 11) is 6.16. The lowest BCUT2D eigenvalue weighted by Gasteiger charge is -2.23. The first-order valence-electron chi connectivity index (χ1n) is 5.34. The fraction of sp³-hybridized carbons (Fsp3) is 0.900. The Morgan fingerprint density at radius 2 is 2.00 bits per heavy atom. The second-order valence-electron chi connectivity index (χ2n) is 4.69. The number of carbonyl (C=O) groups excluding carboxylic acids is 1. The van der Waals surface area contributed by atoms with Gasteiger partial charge in [-0.05, 0) is 12.2 Å². The number of ether oxygens (including phenoxy) is 1. The standard InChI is InChI=1S/C10H22N2O2S2/c1-12(2,3)5-6-14-10(13)11-9(8-16)4-7-15/h9H,4-8H2,1-3H3,(H2-,11,13,15,16)/p+1/t9-/m0/s1. The Hall–Kier alpha value is -0.0700. The van der Waals surface area contributed by atoms with E-state index < -0.39 is 0 Å². The Morgan fingerprint density at radius 1 is 1.38 bits per heavy atom. The highest BCUT2D eigenvalue weighted by atomic mass is 32.1. The van der Waals surface area contributed by atoms with Crippen LogP contribution in [0.15, 0.2) is 0 Å². The van der Waals surface area contributed by atoms with E-state index in [9.17, 15) is 4.79 Å². The first-order valence-corrected chi connectivity index (χ1v) is 6.61. The minimum absolute atomic E-state index is 0.0393. The van der Waals surface area contributed by atoms with E-state index in [2.05, 4.69) is 51.7 Å². The van der Waals surface area contributed by atoms with Crippen LogP contribution < -0.4 is 5.32 Å². The van der Waals surface area contributed by atoms with Crippen LogP contribution in [0.5, 0.6) is 0 Å². The third-order valence-corrected chi connectivity index (χ3v) is 2.71. The van der Waals surface area contributed by atoms with Crippen molar-refractivity contribution in [3.8, 4) is 0 Å². The van der Waals surface area contributed by atoms with Crippen molar-refractivity contribution in [2.24, 2.45) is 0 Å². The predicted molar refractivity (Wildman–Crippen MR) is 73.5 cm³/mol. The maximum absolute atomic E-state index is 11.4. The molecule has 0 heterocycles. The average Bonchev–Trinajstić information content (AvgIpc) is 2.15. The van der Waals surface area contributed by atoms with Crippen molar-refractivity contribution in [3.63, 3.8) is 0 Å². The Labute approximate surface area is 109 Å². The van der Waals surface area contributed by atoms with Crippen molar-refractivity contribution < 1.29 is 14.0 Å². The molecule has 4 nitrogen and oxygen atoms in total. The van der Waals surface area contributed by atoms with Gasteiger partial charge in [0.25, 0.3) is 0 Å². The number of carbonyl (C=O) groups is 1. The minimum Gasteiger partial charge on any atom is -0.444 e. The minimum atomic E-state index is -0.366. The van der Waals surface area contributed by atoms with Gasteiger partial charge in [-0.2, -0.15) is 25.3 Å². The molecule has 0 spiro atoms. The van der Waals surface area contributed by atoms with Gasteiger partial charge >= 0.3 is 6.09 Å². The van der Waals surface area contributed by atoms with Gasteiger partial charge in [-0.25, -0.2) is 4.79 Å². The fourth-order valence-electron chi connectivity index (χ4n) is 0.985. The molecule has 6 heteroatoms. The second kappa shape index (κ2) is 8.08. The summed E-state index contributed by atoms with van der Waals surface area (Å²) in [6.45, 7) is 1.22. The van der Waals surface area contributed by atoms with Gasteiger partial charge in [0, 0.05) is 11.8 Å². The molecule has 96 valence electrons. The van der Waals surface area contributed by atoms with E-state index >= 15 is 0 Å². The van der Waals surface area contributed by atoms with Crippen molar-refractivity contribution in [1.82, 2.24) is 5.32 Å². The molecule has 1 atom stereocenters. The molecular formula is C10H23N2O2S2+. The van der Waals surface area contributed by atoms with Crippen LogP contribution in [0.4, 0.5) is 4.79 Å². The molecule has 0 fully saturated rings. The quantitative estimate of drug-likeness (QED) is 0.476. The maximum Gasteiger partial charge on any atom is 0.407 e. The highest BCUT2D eigenvalue weighted by Gasteiger charge is 2.12. The van der Waals surface area contributed by atoms with E-state index in [0.717, 1.165) is 23.2 Å². The fourth-order valence-corrected chi connectivity index (χ4v) is 1.57. The monoisotopic (exact) mass is 267 g/mol. The molecule has 1 amide bonds. The molecule has 0 aromatic rings. The third kappa shape index (κ3) is 9.18. The Morgan fingerprint density at radius 3 is 2.44 bits per heavy atom. The Kier molecular flexibility index (Phi) is 8.05. The predicted octanol–water partition coefficient (Wildman–Crippen LogP) is 1.04. The van der Waals surface area contributed by atoms with E-state index in [4.69, 9.17) is 4.74 Å². The molecule has 0 radical (unpaired) electrons. The zero-order chi connectivity index (χ0) is 12.6. The summed E-state index contributed by atoms with van der Waals surface area (Å²) < 4.78 is 5.85. The summed E-state index contributed by atoms with van der Waals surface area (Å²) in [4.78, 5) is 11.4. The molecule has 0 aromatic carbocycles. The SMILES string of the molecule is C[N+](C)(C)CCOC(=O)N[C@H](CS)CCS. The molecule has 1 N–H and O–H groups in total. The van der Waals surface area contributed by atoms with Gasteiger partial charge in [-0.1, -0.05) is 0 Å². The van der Waals surface area contributed by atoms with Gasteiger partial charge in [0.1, 0.15) is 13.2 Å². The van der Waals surface area contributed by atoms with Crippen molar-refractivity contribution in [2.45, 2.75) is 12.5 Å². The highest BCUT2D eigenvalue weighted by molar-refractivity contribution is 7.80. The van der Waals surface area contributed by atoms with Crippen LogP contribution in [0.25, 0.3) is 0 Å². The largest absolute Gasteiger partial charge is 0.444 e. The first kappa shape index (κ1) is 15.9. The maximum atomic E-state index is 11.4. The smallest absolute Gasteiger partial charge is 0.407 e. The van der Waals surface area contributed by atoms with E-state index in [-0.39, 0.29) is 12.1 Å². The van der Waals surface area contributed by atoms with Crippen molar-refractivity contribution in [2.75, 3.05) is 45.8 Å². The van der Waals surface area contributed by atoms with E-state index in [1.807, 2.05) is 0 Å². The second-order valence-corrected chi connectivity index (χ2v) is 5.50. The zero-order valence-corrected chi connectivity index (χ0v) is 12.1. The van der Waals surface area contributed by atoms with Gasteiger partial charge in [0.2, 0.25) is 0 Å². The topological polar surface area (TPSA) is 38.3 Å². The number of rotatable bonds is 7. The van der Waals surface area contributed by atoms with Crippen LogP contribution >= 0.6 is 25.3 Å². The normalized spacial score (nSPS) is 13.3. The van der Waals surface area contributed by atoms with Gasteiger partial charge in [-0.3, -0.25) is 0 Å². The van der Waals surface area contributed by atoms with Gasteiger partial charge in [0.05, 0.1) is 21.1 Å². The molecule has 0 aromatic heterocycles. The van der Waals surface area contributed by atoms with Gasteiger partial charge in [-0.15, -0.1) is 0 Å². The molecule has 0 aliphatic carbocycles. The van der Waals surface area contributed by atoms with Crippen LogP contribution in [0, 0.1) is 0 Å². The number of likely N-dealkylation sites (N-methyl/N-ethyl adjacent to an activating group) is 1. The number of thiol groups is 2. The number of alkyl carbamates (subject to hydrolysis) is 1. The summed E-state index contributed by atoms with van der Waals surface area (Å²) in [5.41, 5.74) is 0. The zero-order valence-electron chi connectivity index (χ0n) is 10.3. The van der Waals surface area contributed by atoms with Gasteiger partial charge in [0.15, 0.2) is 0 Å². The van der Waals surface area contributed by atoms with Crippen molar-refractivity contribution in [3.05, 3.63) is 0 Å². The molecule has 0 unspecified atom stereocenters. The molecule has 16 heavy (non-hydrogen) atoms. The average molecular weight is 267 g/mol. The van der Waals surface area contributed by atoms with Crippen LogP contribution in [-0.2, 0) is 4.74 Å². The van der Waals surface area contributed by atoms with E-state index in [1.54, 1.807) is 0 Å². The summed E-state index contributed by atoms with van der Waals surface area (Å²) in [6.07, 6.45) is 0.436. The molecular weight excluding hydrogens is 244 g/mol. The molecule has 0 rings (SSSR count). The molecule has 0 bridgehead atoms. The number of quaternary nitrogens is 1. The van der Waals surface area contributed by atoms with Crippen molar-refractivity contribution >= 4 is 31.4 Å². The number of nitrogens with zero attached hydrogens (tertiary/aromatic N) is 1.